The molecule has 0 aromatic heterocycles. The van der Waals surface area contributed by atoms with Crippen molar-refractivity contribution in [1.29, 1.82) is 0 Å². The molecule has 0 bridgehead atoms. The van der Waals surface area contributed by atoms with E-state index in [1.54, 1.807) is 12.1 Å². The van der Waals surface area contributed by atoms with Gasteiger partial charge in [-0.05, 0) is 42.5 Å². The zero-order valence-electron chi connectivity index (χ0n) is 11.5. The Labute approximate surface area is 142 Å². The highest BCUT2D eigenvalue weighted by Crippen LogP contribution is 2.21. The Kier molecular flexibility index (Phi) is 5.44. The lowest BCUT2D eigenvalue weighted by molar-refractivity contribution is 0.414. The first-order chi connectivity index (χ1) is 10.4. The number of nitrogens with one attached hydrogen (secondary N) is 1. The molecule has 0 spiro atoms. The minimum absolute atomic E-state index is 0.0789. The van der Waals surface area contributed by atoms with Gasteiger partial charge in [0, 0.05) is 15.1 Å². The monoisotopic (exact) mass is 402 g/mol. The van der Waals surface area contributed by atoms with Crippen LogP contribution in [0.1, 0.15) is 5.56 Å². The Hall–Kier alpha value is -1.57. The fourth-order valence-corrected chi connectivity index (χ4v) is 2.93. The summed E-state index contributed by atoms with van der Waals surface area (Å²) in [7, 11) is -2.21. The number of hydrazone groups is 1. The fourth-order valence-electron chi connectivity index (χ4n) is 1.64. The van der Waals surface area contributed by atoms with Gasteiger partial charge in [0.1, 0.15) is 5.75 Å². The minimum Gasteiger partial charge on any atom is -0.496 e. The molecule has 0 aliphatic carbocycles. The van der Waals surface area contributed by atoms with E-state index in [0.717, 1.165) is 4.47 Å². The molecule has 5 nitrogen and oxygen atoms in total. The average Bonchev–Trinajstić information content (AvgIpc) is 2.48. The van der Waals surface area contributed by atoms with E-state index >= 15 is 0 Å². The lowest BCUT2D eigenvalue weighted by Gasteiger charge is -2.05. The van der Waals surface area contributed by atoms with Crippen molar-refractivity contribution in [3.63, 3.8) is 0 Å². The number of methoxy groups -OCH3 is 1. The van der Waals surface area contributed by atoms with E-state index in [9.17, 15) is 8.42 Å². The number of halogens is 2. The summed E-state index contributed by atoms with van der Waals surface area (Å²) >= 11 is 9.06. The van der Waals surface area contributed by atoms with Crippen molar-refractivity contribution in [2.75, 3.05) is 7.11 Å². The molecule has 0 atom stereocenters. The number of nitrogens with zero attached hydrogens (tertiary/aromatic N) is 1. The maximum Gasteiger partial charge on any atom is 0.276 e. The normalized spacial score (nSPS) is 11.6. The van der Waals surface area contributed by atoms with Crippen LogP contribution in [-0.2, 0) is 10.0 Å². The van der Waals surface area contributed by atoms with E-state index in [1.165, 1.54) is 37.6 Å². The van der Waals surface area contributed by atoms with Crippen LogP contribution in [0.2, 0.25) is 5.02 Å². The van der Waals surface area contributed by atoms with Gasteiger partial charge >= 0.3 is 0 Å². The Morgan fingerprint density at radius 2 is 1.91 bits per heavy atom. The van der Waals surface area contributed by atoms with E-state index in [-0.39, 0.29) is 4.90 Å². The summed E-state index contributed by atoms with van der Waals surface area (Å²) in [5.41, 5.74) is 0.635. The molecule has 0 saturated heterocycles. The molecule has 2 aromatic carbocycles. The summed E-state index contributed by atoms with van der Waals surface area (Å²) in [5, 5.41) is 4.22. The van der Waals surface area contributed by atoms with Gasteiger partial charge in [-0.2, -0.15) is 13.5 Å². The Morgan fingerprint density at radius 1 is 1.23 bits per heavy atom. The Bertz CT molecular complexity index is 792. The van der Waals surface area contributed by atoms with Gasteiger partial charge in [0.15, 0.2) is 0 Å². The van der Waals surface area contributed by atoms with Crippen LogP contribution in [0.3, 0.4) is 0 Å². The molecule has 116 valence electrons. The van der Waals surface area contributed by atoms with E-state index in [0.29, 0.717) is 16.3 Å². The minimum atomic E-state index is -3.74. The number of benzene rings is 2. The second-order valence-corrected chi connectivity index (χ2v) is 7.21. The second-order valence-electron chi connectivity index (χ2n) is 4.19. The van der Waals surface area contributed by atoms with Crippen LogP contribution < -0.4 is 9.57 Å². The van der Waals surface area contributed by atoms with Crippen molar-refractivity contribution in [3.8, 4) is 5.75 Å². The van der Waals surface area contributed by atoms with Gasteiger partial charge in [0.2, 0.25) is 0 Å². The molecule has 2 rings (SSSR count). The molecule has 0 amide bonds. The van der Waals surface area contributed by atoms with Gasteiger partial charge in [-0.15, -0.1) is 0 Å². The van der Waals surface area contributed by atoms with E-state index in [4.69, 9.17) is 16.3 Å². The SMILES string of the molecule is COc1ccc(Br)cc1C=NNS(=O)(=O)c1ccc(Cl)cc1. The molecular formula is C14H12BrClN2O3S. The zero-order chi connectivity index (χ0) is 16.2. The van der Waals surface area contributed by atoms with Crippen molar-refractivity contribution < 1.29 is 13.2 Å². The number of rotatable bonds is 5. The van der Waals surface area contributed by atoms with Gasteiger partial charge in [-0.1, -0.05) is 27.5 Å². The third-order valence-corrected chi connectivity index (χ3v) is 4.68. The summed E-state index contributed by atoms with van der Waals surface area (Å²) in [6, 6.07) is 11.1. The summed E-state index contributed by atoms with van der Waals surface area (Å²) in [5.74, 6) is 0.581. The highest BCUT2D eigenvalue weighted by atomic mass is 79.9. The maximum atomic E-state index is 12.0. The highest BCUT2D eigenvalue weighted by Gasteiger charge is 2.12. The molecule has 0 unspecified atom stereocenters. The van der Waals surface area contributed by atoms with Crippen molar-refractivity contribution in [2.24, 2.45) is 5.10 Å². The molecular weight excluding hydrogens is 392 g/mol. The van der Waals surface area contributed by atoms with Crippen LogP contribution >= 0.6 is 27.5 Å². The van der Waals surface area contributed by atoms with Gasteiger partial charge in [-0.3, -0.25) is 0 Å². The standard InChI is InChI=1S/C14H12BrClN2O3S/c1-21-14-7-2-11(15)8-10(14)9-17-18-22(19,20)13-5-3-12(16)4-6-13/h2-9,18H,1H3. The number of hydrogen-bond donors (Lipinski definition) is 1. The number of hydrogen-bond acceptors (Lipinski definition) is 4. The molecule has 0 radical (unpaired) electrons. The van der Waals surface area contributed by atoms with Crippen molar-refractivity contribution in [2.45, 2.75) is 4.90 Å². The van der Waals surface area contributed by atoms with Crippen molar-refractivity contribution >= 4 is 43.8 Å². The predicted molar refractivity (Wildman–Crippen MR) is 90.1 cm³/mol. The Morgan fingerprint density at radius 3 is 2.55 bits per heavy atom. The molecule has 1 N–H and O–H groups in total. The molecule has 0 aliphatic rings. The second kappa shape index (κ2) is 7.13. The van der Waals surface area contributed by atoms with Crippen LogP contribution in [0.25, 0.3) is 0 Å². The predicted octanol–water partition coefficient (Wildman–Crippen LogP) is 3.42. The van der Waals surface area contributed by atoms with Gasteiger partial charge in [-0.25, -0.2) is 4.83 Å². The smallest absolute Gasteiger partial charge is 0.276 e. The summed E-state index contributed by atoms with van der Waals surface area (Å²) < 4.78 is 30.1. The maximum absolute atomic E-state index is 12.0. The van der Waals surface area contributed by atoms with E-state index in [1.807, 2.05) is 6.07 Å². The van der Waals surface area contributed by atoms with Gasteiger partial charge < -0.3 is 4.74 Å². The van der Waals surface area contributed by atoms with Crippen LogP contribution in [0.5, 0.6) is 5.75 Å². The third-order valence-electron chi connectivity index (χ3n) is 2.69. The Balaban J connectivity index is 2.18. The first kappa shape index (κ1) is 16.8. The highest BCUT2D eigenvalue weighted by molar-refractivity contribution is 9.10. The van der Waals surface area contributed by atoms with Crippen LogP contribution in [-0.4, -0.2) is 21.7 Å². The molecule has 2 aromatic rings. The molecule has 0 fully saturated rings. The van der Waals surface area contributed by atoms with Crippen molar-refractivity contribution in [3.05, 3.63) is 57.5 Å². The van der Waals surface area contributed by atoms with E-state index in [2.05, 4.69) is 25.9 Å². The quantitative estimate of drug-likeness (QED) is 0.614. The molecule has 22 heavy (non-hydrogen) atoms. The molecule has 0 heterocycles. The van der Waals surface area contributed by atoms with Crippen LogP contribution in [0.4, 0.5) is 0 Å². The van der Waals surface area contributed by atoms with Gasteiger partial charge in [0.25, 0.3) is 10.0 Å². The summed E-state index contributed by atoms with van der Waals surface area (Å²) in [4.78, 5) is 2.22. The summed E-state index contributed by atoms with van der Waals surface area (Å²) in [6.45, 7) is 0. The topological polar surface area (TPSA) is 67.8 Å². The average molecular weight is 404 g/mol. The third kappa shape index (κ3) is 4.22. The first-order valence-corrected chi connectivity index (χ1v) is 8.72. The largest absolute Gasteiger partial charge is 0.496 e. The zero-order valence-corrected chi connectivity index (χ0v) is 14.6. The lowest BCUT2D eigenvalue weighted by Crippen LogP contribution is -2.18. The van der Waals surface area contributed by atoms with E-state index < -0.39 is 10.0 Å². The van der Waals surface area contributed by atoms with Gasteiger partial charge in [0.05, 0.1) is 18.2 Å². The molecule has 0 aliphatic heterocycles. The van der Waals surface area contributed by atoms with Crippen LogP contribution in [0, 0.1) is 0 Å². The number of sulfonamides is 1. The van der Waals surface area contributed by atoms with Crippen molar-refractivity contribution in [1.82, 2.24) is 4.83 Å². The number of ether oxygens (including phenoxy) is 1. The molecule has 0 saturated carbocycles. The van der Waals surface area contributed by atoms with Crippen LogP contribution in [0.15, 0.2) is 56.9 Å². The molecule has 8 heteroatoms. The fraction of sp³-hybridized carbons (Fsp3) is 0.0714. The lowest BCUT2D eigenvalue weighted by atomic mass is 10.2. The first-order valence-electron chi connectivity index (χ1n) is 6.06. The summed E-state index contributed by atoms with van der Waals surface area (Å²) in [6.07, 6.45) is 1.37.